The molecule has 0 radical (unpaired) electrons. The summed E-state index contributed by atoms with van der Waals surface area (Å²) in [5.41, 5.74) is -0.907. The summed E-state index contributed by atoms with van der Waals surface area (Å²) in [6, 6.07) is 1.58. The van der Waals surface area contributed by atoms with Crippen LogP contribution >= 0.6 is 0 Å². The highest BCUT2D eigenvalue weighted by Crippen LogP contribution is 2.18. The van der Waals surface area contributed by atoms with Crippen molar-refractivity contribution in [2.24, 2.45) is 0 Å². The number of nitrogens with zero attached hydrogens (tertiary/aromatic N) is 2. The van der Waals surface area contributed by atoms with Crippen LogP contribution in [-0.4, -0.2) is 55.2 Å². The molecule has 0 saturated heterocycles. The molecule has 1 atom stereocenters. The van der Waals surface area contributed by atoms with Gasteiger partial charge in [0.05, 0.1) is 25.9 Å². The Balaban J connectivity index is 2.66. The second-order valence-electron chi connectivity index (χ2n) is 4.37. The third-order valence-corrected chi connectivity index (χ3v) is 2.57. The van der Waals surface area contributed by atoms with Crippen molar-refractivity contribution in [3.05, 3.63) is 6.07 Å². The van der Waals surface area contributed by atoms with Gasteiger partial charge >= 0.3 is 0 Å². The molecule has 0 aliphatic heterocycles. The summed E-state index contributed by atoms with van der Waals surface area (Å²) in [6.45, 7) is 2.50. The van der Waals surface area contributed by atoms with Crippen LogP contribution in [0.2, 0.25) is 0 Å². The van der Waals surface area contributed by atoms with Crippen molar-refractivity contribution in [2.45, 2.75) is 18.9 Å². The lowest BCUT2D eigenvalue weighted by Crippen LogP contribution is -2.35. The van der Waals surface area contributed by atoms with Crippen molar-refractivity contribution in [3.63, 3.8) is 0 Å². The second-order valence-corrected chi connectivity index (χ2v) is 4.37. The van der Waals surface area contributed by atoms with Gasteiger partial charge in [-0.1, -0.05) is 0 Å². The maximum absolute atomic E-state index is 10.1. The predicted molar refractivity (Wildman–Crippen MR) is 70.7 cm³/mol. The van der Waals surface area contributed by atoms with Crippen LogP contribution in [0.25, 0.3) is 0 Å². The second kappa shape index (κ2) is 7.10. The minimum absolute atomic E-state index is 0.298. The Morgan fingerprint density at radius 2 is 1.79 bits per heavy atom. The Bertz CT molecular complexity index is 376. The van der Waals surface area contributed by atoms with E-state index in [9.17, 15) is 5.11 Å². The Labute approximate surface area is 112 Å². The van der Waals surface area contributed by atoms with E-state index in [0.717, 1.165) is 0 Å². The molecular formula is C12H21N3O4. The first-order valence-electron chi connectivity index (χ1n) is 5.93. The van der Waals surface area contributed by atoms with E-state index >= 15 is 0 Å². The molecule has 19 heavy (non-hydrogen) atoms. The fourth-order valence-corrected chi connectivity index (χ4v) is 1.37. The first kappa shape index (κ1) is 15.5. The molecule has 7 heteroatoms. The summed E-state index contributed by atoms with van der Waals surface area (Å²) in [7, 11) is 4.63. The molecule has 1 unspecified atom stereocenters. The number of nitrogens with one attached hydrogen (secondary N) is 1. The van der Waals surface area contributed by atoms with Crippen LogP contribution in [0.1, 0.15) is 13.3 Å². The highest BCUT2D eigenvalue weighted by Gasteiger charge is 2.20. The van der Waals surface area contributed by atoms with Gasteiger partial charge in [0.15, 0.2) is 0 Å². The van der Waals surface area contributed by atoms with Crippen LogP contribution in [0, 0.1) is 0 Å². The van der Waals surface area contributed by atoms with E-state index in [0.29, 0.717) is 37.3 Å². The highest BCUT2D eigenvalue weighted by atomic mass is 16.5. The van der Waals surface area contributed by atoms with Crippen molar-refractivity contribution < 1.29 is 19.3 Å². The lowest BCUT2D eigenvalue weighted by molar-refractivity contribution is 0.0356. The normalized spacial score (nSPS) is 13.7. The summed E-state index contributed by atoms with van der Waals surface area (Å²) in [6.07, 6.45) is 0.512. The Kier molecular flexibility index (Phi) is 5.78. The summed E-state index contributed by atoms with van der Waals surface area (Å²) in [5.74, 6) is 1.13. The maximum Gasteiger partial charge on any atom is 0.229 e. The first-order valence-corrected chi connectivity index (χ1v) is 5.93. The SMILES string of the molecule is COCCC(C)(O)CNc1nc(OC)cc(OC)n1. The predicted octanol–water partition coefficient (Wildman–Crippen LogP) is 0.693. The van der Waals surface area contributed by atoms with Gasteiger partial charge in [-0.2, -0.15) is 9.97 Å². The molecule has 1 heterocycles. The van der Waals surface area contributed by atoms with Gasteiger partial charge in [-0.3, -0.25) is 0 Å². The fourth-order valence-electron chi connectivity index (χ4n) is 1.37. The van der Waals surface area contributed by atoms with Gasteiger partial charge in [0, 0.05) is 26.7 Å². The molecule has 1 aromatic rings. The maximum atomic E-state index is 10.1. The van der Waals surface area contributed by atoms with Gasteiger partial charge in [-0.15, -0.1) is 0 Å². The van der Waals surface area contributed by atoms with Crippen LogP contribution in [0.3, 0.4) is 0 Å². The van der Waals surface area contributed by atoms with E-state index in [-0.39, 0.29) is 0 Å². The number of ether oxygens (including phenoxy) is 3. The molecule has 0 aliphatic carbocycles. The number of aliphatic hydroxyl groups is 1. The summed E-state index contributed by atoms with van der Waals surface area (Å²) < 4.78 is 15.0. The molecule has 0 fully saturated rings. The van der Waals surface area contributed by atoms with Crippen molar-refractivity contribution in [1.29, 1.82) is 0 Å². The lowest BCUT2D eigenvalue weighted by Gasteiger charge is -2.23. The third-order valence-electron chi connectivity index (χ3n) is 2.57. The van der Waals surface area contributed by atoms with E-state index in [1.807, 2.05) is 0 Å². The average Bonchev–Trinajstić information content (AvgIpc) is 2.42. The topological polar surface area (TPSA) is 85.7 Å². The fraction of sp³-hybridized carbons (Fsp3) is 0.667. The van der Waals surface area contributed by atoms with Crippen LogP contribution in [0.15, 0.2) is 6.07 Å². The number of hydrogen-bond donors (Lipinski definition) is 2. The Hall–Kier alpha value is -1.60. The van der Waals surface area contributed by atoms with Gasteiger partial charge < -0.3 is 24.6 Å². The van der Waals surface area contributed by atoms with E-state index in [1.165, 1.54) is 14.2 Å². The smallest absolute Gasteiger partial charge is 0.229 e. The largest absolute Gasteiger partial charge is 0.481 e. The molecule has 0 aliphatic rings. The lowest BCUT2D eigenvalue weighted by atomic mass is 10.0. The first-order chi connectivity index (χ1) is 9.00. The molecular weight excluding hydrogens is 250 g/mol. The van der Waals surface area contributed by atoms with E-state index in [4.69, 9.17) is 14.2 Å². The van der Waals surface area contributed by atoms with Gasteiger partial charge in [-0.05, 0) is 6.92 Å². The molecule has 0 aromatic carbocycles. The number of aromatic nitrogens is 2. The third kappa shape index (κ3) is 5.27. The van der Waals surface area contributed by atoms with Crippen molar-refractivity contribution >= 4 is 5.95 Å². The Morgan fingerprint density at radius 1 is 1.21 bits per heavy atom. The molecule has 0 bridgehead atoms. The summed E-state index contributed by atoms with van der Waals surface area (Å²) in [4.78, 5) is 8.23. The van der Waals surface area contributed by atoms with Gasteiger partial charge in [0.25, 0.3) is 0 Å². The zero-order chi connectivity index (χ0) is 14.3. The standard InChI is InChI=1S/C12H21N3O4/c1-12(16,5-6-17-2)8-13-11-14-9(18-3)7-10(15-11)19-4/h7,16H,5-6,8H2,1-4H3,(H,13,14,15). The van der Waals surface area contributed by atoms with E-state index in [1.54, 1.807) is 20.1 Å². The Morgan fingerprint density at radius 3 is 2.26 bits per heavy atom. The zero-order valence-corrected chi connectivity index (χ0v) is 11.8. The monoisotopic (exact) mass is 271 g/mol. The minimum atomic E-state index is -0.907. The average molecular weight is 271 g/mol. The zero-order valence-electron chi connectivity index (χ0n) is 11.8. The summed E-state index contributed by atoms with van der Waals surface area (Å²) in [5, 5.41) is 13.1. The van der Waals surface area contributed by atoms with E-state index < -0.39 is 5.60 Å². The van der Waals surface area contributed by atoms with Crippen molar-refractivity contribution in [1.82, 2.24) is 9.97 Å². The summed E-state index contributed by atoms with van der Waals surface area (Å²) >= 11 is 0. The number of anilines is 1. The molecule has 2 N–H and O–H groups in total. The molecule has 0 saturated carbocycles. The van der Waals surface area contributed by atoms with Crippen LogP contribution in [0.4, 0.5) is 5.95 Å². The highest BCUT2D eigenvalue weighted by molar-refractivity contribution is 5.33. The number of hydrogen-bond acceptors (Lipinski definition) is 7. The van der Waals surface area contributed by atoms with E-state index in [2.05, 4.69) is 15.3 Å². The van der Waals surface area contributed by atoms with Gasteiger partial charge in [0.2, 0.25) is 17.7 Å². The molecule has 0 amide bonds. The quantitative estimate of drug-likeness (QED) is 0.719. The molecule has 1 rings (SSSR count). The van der Waals surface area contributed by atoms with Gasteiger partial charge in [0.1, 0.15) is 0 Å². The van der Waals surface area contributed by atoms with Crippen molar-refractivity contribution in [2.75, 3.05) is 39.8 Å². The minimum Gasteiger partial charge on any atom is -0.481 e. The van der Waals surface area contributed by atoms with Crippen LogP contribution in [0.5, 0.6) is 11.8 Å². The molecule has 1 aromatic heterocycles. The number of methoxy groups -OCH3 is 3. The molecule has 108 valence electrons. The van der Waals surface area contributed by atoms with Crippen LogP contribution in [-0.2, 0) is 4.74 Å². The molecule has 7 nitrogen and oxygen atoms in total. The molecule has 0 spiro atoms. The number of rotatable bonds is 8. The van der Waals surface area contributed by atoms with Crippen LogP contribution < -0.4 is 14.8 Å². The van der Waals surface area contributed by atoms with Gasteiger partial charge in [-0.25, -0.2) is 0 Å². The van der Waals surface area contributed by atoms with Crippen molar-refractivity contribution in [3.8, 4) is 11.8 Å².